The van der Waals surface area contributed by atoms with Crippen molar-refractivity contribution in [3.8, 4) is 0 Å². The first kappa shape index (κ1) is 13.7. The lowest BCUT2D eigenvalue weighted by atomic mass is 10.1. The van der Waals surface area contributed by atoms with Crippen molar-refractivity contribution in [2.75, 3.05) is 5.32 Å². The van der Waals surface area contributed by atoms with Gasteiger partial charge in [0.15, 0.2) is 0 Å². The zero-order valence-corrected chi connectivity index (χ0v) is 11.4. The fourth-order valence-electron chi connectivity index (χ4n) is 2.16. The summed E-state index contributed by atoms with van der Waals surface area (Å²) in [6.45, 7) is 0. The van der Waals surface area contributed by atoms with Crippen LogP contribution in [0.25, 0.3) is 10.8 Å². The maximum Gasteiger partial charge on any atom is 0.274 e. The molecule has 0 atom stereocenters. The van der Waals surface area contributed by atoms with Gasteiger partial charge in [0.1, 0.15) is 5.69 Å². The number of hydrogen-bond acceptors (Lipinski definition) is 4. The van der Waals surface area contributed by atoms with Crippen LogP contribution < -0.4 is 5.32 Å². The molecule has 3 aromatic rings. The molecule has 0 bridgehead atoms. The molecule has 0 unspecified atom stereocenters. The minimum atomic E-state index is -0.488. The Balaban J connectivity index is 1.89. The number of nitro benzene ring substituents is 1. The van der Waals surface area contributed by atoms with Gasteiger partial charge in [-0.1, -0.05) is 24.3 Å². The first-order valence-corrected chi connectivity index (χ1v) is 6.55. The number of rotatable bonds is 3. The van der Waals surface area contributed by atoms with E-state index in [1.165, 1.54) is 24.3 Å². The molecule has 0 aliphatic heterocycles. The van der Waals surface area contributed by atoms with Gasteiger partial charge in [-0.3, -0.25) is 19.9 Å². The van der Waals surface area contributed by atoms with Crippen LogP contribution in [-0.2, 0) is 0 Å². The molecule has 2 aromatic carbocycles. The highest BCUT2D eigenvalue weighted by Gasteiger charge is 2.12. The number of nitrogens with zero attached hydrogens (tertiary/aromatic N) is 2. The van der Waals surface area contributed by atoms with E-state index in [1.54, 1.807) is 6.20 Å². The zero-order chi connectivity index (χ0) is 15.5. The molecule has 1 aromatic heterocycles. The van der Waals surface area contributed by atoms with Gasteiger partial charge in [-0.05, 0) is 23.6 Å². The van der Waals surface area contributed by atoms with Crippen LogP contribution in [0.4, 0.5) is 11.4 Å². The Morgan fingerprint density at radius 3 is 2.50 bits per heavy atom. The number of aromatic nitrogens is 1. The van der Waals surface area contributed by atoms with Crippen molar-refractivity contribution in [1.82, 2.24) is 4.98 Å². The number of amides is 1. The van der Waals surface area contributed by atoms with Crippen LogP contribution in [0.2, 0.25) is 0 Å². The van der Waals surface area contributed by atoms with Crippen molar-refractivity contribution in [1.29, 1.82) is 0 Å². The van der Waals surface area contributed by atoms with Crippen LogP contribution in [0.1, 0.15) is 10.5 Å². The normalized spacial score (nSPS) is 10.4. The highest BCUT2D eigenvalue weighted by molar-refractivity contribution is 6.11. The van der Waals surface area contributed by atoms with Gasteiger partial charge in [-0.25, -0.2) is 0 Å². The number of anilines is 1. The second-order valence-corrected chi connectivity index (χ2v) is 4.64. The fraction of sp³-hybridized carbons (Fsp3) is 0. The summed E-state index contributed by atoms with van der Waals surface area (Å²) in [6, 6.07) is 14.9. The Morgan fingerprint density at radius 1 is 1.05 bits per heavy atom. The third-order valence-electron chi connectivity index (χ3n) is 3.22. The van der Waals surface area contributed by atoms with Gasteiger partial charge >= 0.3 is 0 Å². The van der Waals surface area contributed by atoms with E-state index in [0.29, 0.717) is 11.4 Å². The zero-order valence-electron chi connectivity index (χ0n) is 11.4. The first-order chi connectivity index (χ1) is 10.6. The summed E-state index contributed by atoms with van der Waals surface area (Å²) in [5.74, 6) is -0.356. The van der Waals surface area contributed by atoms with Crippen molar-refractivity contribution >= 4 is 28.1 Å². The van der Waals surface area contributed by atoms with Gasteiger partial charge < -0.3 is 5.32 Å². The van der Waals surface area contributed by atoms with Crippen molar-refractivity contribution in [3.63, 3.8) is 0 Å². The lowest BCUT2D eigenvalue weighted by molar-refractivity contribution is -0.384. The van der Waals surface area contributed by atoms with Crippen LogP contribution in [0, 0.1) is 10.1 Å². The van der Waals surface area contributed by atoms with Crippen molar-refractivity contribution in [2.45, 2.75) is 0 Å². The van der Waals surface area contributed by atoms with E-state index in [1.807, 2.05) is 30.3 Å². The number of carbonyl (C=O) groups excluding carboxylic acids is 1. The highest BCUT2D eigenvalue weighted by atomic mass is 16.6. The molecule has 1 heterocycles. The minimum absolute atomic E-state index is 0.0266. The van der Waals surface area contributed by atoms with Gasteiger partial charge in [-0.2, -0.15) is 0 Å². The Kier molecular flexibility index (Phi) is 3.49. The van der Waals surface area contributed by atoms with E-state index >= 15 is 0 Å². The summed E-state index contributed by atoms with van der Waals surface area (Å²) in [5, 5.41) is 15.0. The topological polar surface area (TPSA) is 85.1 Å². The number of nitro groups is 1. The molecular weight excluding hydrogens is 282 g/mol. The quantitative estimate of drug-likeness (QED) is 0.592. The van der Waals surface area contributed by atoms with Crippen molar-refractivity contribution < 1.29 is 9.72 Å². The predicted molar refractivity (Wildman–Crippen MR) is 82.8 cm³/mol. The van der Waals surface area contributed by atoms with Crippen LogP contribution >= 0.6 is 0 Å². The number of benzene rings is 2. The van der Waals surface area contributed by atoms with E-state index in [0.717, 1.165) is 10.8 Å². The van der Waals surface area contributed by atoms with Gasteiger partial charge in [0.2, 0.25) is 0 Å². The predicted octanol–water partition coefficient (Wildman–Crippen LogP) is 3.40. The van der Waals surface area contributed by atoms with E-state index in [-0.39, 0.29) is 11.6 Å². The lowest BCUT2D eigenvalue weighted by Gasteiger charge is -2.07. The van der Waals surface area contributed by atoms with E-state index < -0.39 is 4.92 Å². The Labute approximate surface area is 125 Å². The number of nitrogens with one attached hydrogen (secondary N) is 1. The summed E-state index contributed by atoms with van der Waals surface area (Å²) in [6.07, 6.45) is 1.58. The molecule has 0 saturated carbocycles. The molecule has 1 amide bonds. The number of fused-ring (bicyclic) bond motifs is 1. The average Bonchev–Trinajstić information content (AvgIpc) is 2.54. The molecule has 0 radical (unpaired) electrons. The van der Waals surface area contributed by atoms with Gasteiger partial charge in [0.25, 0.3) is 11.6 Å². The number of carbonyl (C=O) groups is 1. The molecule has 0 saturated heterocycles. The Bertz CT molecular complexity index is 855. The monoisotopic (exact) mass is 293 g/mol. The molecule has 22 heavy (non-hydrogen) atoms. The lowest BCUT2D eigenvalue weighted by Crippen LogP contribution is -2.14. The maximum absolute atomic E-state index is 12.3. The molecule has 3 rings (SSSR count). The molecular formula is C16H11N3O3. The number of pyridine rings is 1. The van der Waals surface area contributed by atoms with Crippen LogP contribution in [0.5, 0.6) is 0 Å². The van der Waals surface area contributed by atoms with Gasteiger partial charge in [0.05, 0.1) is 4.92 Å². The molecule has 6 heteroatoms. The smallest absolute Gasteiger partial charge is 0.274 e. The molecule has 6 nitrogen and oxygen atoms in total. The summed E-state index contributed by atoms with van der Waals surface area (Å²) in [5.41, 5.74) is 0.767. The SMILES string of the molecule is O=C(Nc1ccc([N+](=O)[O-])cc1)c1nccc2ccccc12. The molecule has 0 fully saturated rings. The largest absolute Gasteiger partial charge is 0.321 e. The average molecular weight is 293 g/mol. The maximum atomic E-state index is 12.3. The number of non-ortho nitro benzene ring substituents is 1. The first-order valence-electron chi connectivity index (χ1n) is 6.55. The Hall–Kier alpha value is -3.28. The molecule has 0 aliphatic carbocycles. The third kappa shape index (κ3) is 2.62. The van der Waals surface area contributed by atoms with E-state index in [2.05, 4.69) is 10.3 Å². The molecule has 0 spiro atoms. The highest BCUT2D eigenvalue weighted by Crippen LogP contribution is 2.19. The summed E-state index contributed by atoms with van der Waals surface area (Å²) in [4.78, 5) is 26.6. The molecule has 108 valence electrons. The second-order valence-electron chi connectivity index (χ2n) is 4.64. The second kappa shape index (κ2) is 5.61. The standard InChI is InChI=1S/C16H11N3O3/c20-16(18-12-5-7-13(8-6-12)19(21)22)15-14-4-2-1-3-11(14)9-10-17-15/h1-10H,(H,18,20). The van der Waals surface area contributed by atoms with Crippen molar-refractivity contribution in [3.05, 3.63) is 76.6 Å². The third-order valence-corrected chi connectivity index (χ3v) is 3.22. The van der Waals surface area contributed by atoms with E-state index in [9.17, 15) is 14.9 Å². The Morgan fingerprint density at radius 2 is 1.77 bits per heavy atom. The summed E-state index contributed by atoms with van der Waals surface area (Å²) >= 11 is 0. The minimum Gasteiger partial charge on any atom is -0.321 e. The van der Waals surface area contributed by atoms with Crippen LogP contribution in [0.15, 0.2) is 60.8 Å². The fourth-order valence-corrected chi connectivity index (χ4v) is 2.16. The summed E-state index contributed by atoms with van der Waals surface area (Å²) in [7, 11) is 0. The number of hydrogen-bond donors (Lipinski definition) is 1. The molecule has 0 aliphatic rings. The van der Waals surface area contributed by atoms with Gasteiger partial charge in [0, 0.05) is 29.4 Å². The van der Waals surface area contributed by atoms with Crippen molar-refractivity contribution in [2.24, 2.45) is 0 Å². The molecule has 1 N–H and O–H groups in total. The van der Waals surface area contributed by atoms with Crippen LogP contribution in [-0.4, -0.2) is 15.8 Å². The van der Waals surface area contributed by atoms with E-state index in [4.69, 9.17) is 0 Å². The summed E-state index contributed by atoms with van der Waals surface area (Å²) < 4.78 is 0. The van der Waals surface area contributed by atoms with Crippen LogP contribution in [0.3, 0.4) is 0 Å². The van der Waals surface area contributed by atoms with Gasteiger partial charge in [-0.15, -0.1) is 0 Å².